The molecule has 2 amide bonds. The molecule has 1 N–H and O–H groups in total. The molecule has 8 heteroatoms. The molecular weight excluding hydrogens is 365 g/mol. The lowest BCUT2D eigenvalue weighted by Gasteiger charge is -2.34. The Morgan fingerprint density at radius 1 is 1.29 bits per heavy atom. The summed E-state index contributed by atoms with van der Waals surface area (Å²) < 4.78 is 23.9. The number of hydrogen-bond acceptors (Lipinski definition) is 5. The lowest BCUT2D eigenvalue weighted by molar-refractivity contribution is 0.0454. The molecule has 154 valence electrons. The minimum absolute atomic E-state index is 0.00825. The summed E-state index contributed by atoms with van der Waals surface area (Å²) in [7, 11) is 0. The number of hydrogen-bond donors (Lipinski definition) is 1. The number of rotatable bonds is 4. The van der Waals surface area contributed by atoms with Crippen molar-refractivity contribution in [1.29, 1.82) is 0 Å². The number of cyclic esters (lactones) is 1. The number of ether oxygens (including phenoxy) is 2. The predicted molar refractivity (Wildman–Crippen MR) is 103 cm³/mol. The van der Waals surface area contributed by atoms with Gasteiger partial charge in [0.2, 0.25) is 0 Å². The van der Waals surface area contributed by atoms with Gasteiger partial charge in [0.15, 0.2) is 0 Å². The van der Waals surface area contributed by atoms with Crippen LogP contribution in [0.5, 0.6) is 0 Å². The molecule has 2 fully saturated rings. The van der Waals surface area contributed by atoms with Crippen LogP contribution in [0.2, 0.25) is 0 Å². The first kappa shape index (κ1) is 20.4. The summed E-state index contributed by atoms with van der Waals surface area (Å²) in [6.45, 7) is 8.09. The van der Waals surface area contributed by atoms with E-state index in [0.717, 1.165) is 19.4 Å². The van der Waals surface area contributed by atoms with Crippen molar-refractivity contribution in [2.24, 2.45) is 0 Å². The van der Waals surface area contributed by atoms with Gasteiger partial charge in [-0.15, -0.1) is 0 Å². The zero-order valence-corrected chi connectivity index (χ0v) is 16.6. The van der Waals surface area contributed by atoms with E-state index in [1.165, 1.54) is 17.0 Å². The molecule has 2 aliphatic rings. The molecule has 0 bridgehead atoms. The highest BCUT2D eigenvalue weighted by atomic mass is 19.1. The quantitative estimate of drug-likeness (QED) is 0.851. The Morgan fingerprint density at radius 2 is 2.00 bits per heavy atom. The van der Waals surface area contributed by atoms with Gasteiger partial charge in [0.05, 0.1) is 6.54 Å². The van der Waals surface area contributed by atoms with Crippen LogP contribution in [0, 0.1) is 5.82 Å². The fourth-order valence-corrected chi connectivity index (χ4v) is 3.55. The van der Waals surface area contributed by atoms with Crippen molar-refractivity contribution in [3.8, 4) is 0 Å². The number of amides is 2. The van der Waals surface area contributed by atoms with Gasteiger partial charge in [-0.05, 0) is 64.4 Å². The number of nitrogens with one attached hydrogen (secondary N) is 1. The van der Waals surface area contributed by atoms with Gasteiger partial charge < -0.3 is 14.8 Å². The Labute approximate surface area is 164 Å². The van der Waals surface area contributed by atoms with Crippen LogP contribution in [0.3, 0.4) is 0 Å². The Hall–Kier alpha value is -2.35. The van der Waals surface area contributed by atoms with Gasteiger partial charge in [-0.25, -0.2) is 14.0 Å². The minimum Gasteiger partial charge on any atom is -0.444 e. The van der Waals surface area contributed by atoms with Gasteiger partial charge in [0, 0.05) is 24.8 Å². The van der Waals surface area contributed by atoms with Crippen LogP contribution >= 0.6 is 0 Å². The highest BCUT2D eigenvalue weighted by molar-refractivity contribution is 5.89. The van der Waals surface area contributed by atoms with E-state index in [1.54, 1.807) is 12.1 Å². The standard InChI is InChI=1S/C20H28FN3O4/c1-20(2,3)28-18(25)22-15-5-4-10-23(11-15)12-17-13-24(19(26)27-17)16-8-6-14(21)7-9-16/h6-9,15,17H,4-5,10-13H2,1-3H3,(H,22,25)/t15-,17-/m0/s1. The van der Waals surface area contributed by atoms with Crippen LogP contribution in [0.4, 0.5) is 19.7 Å². The van der Waals surface area contributed by atoms with Gasteiger partial charge >= 0.3 is 12.2 Å². The third-order valence-corrected chi connectivity index (χ3v) is 4.70. The van der Waals surface area contributed by atoms with Crippen LogP contribution in [-0.4, -0.2) is 61.0 Å². The molecule has 0 aromatic heterocycles. The molecule has 2 heterocycles. The second kappa shape index (κ2) is 8.34. The maximum absolute atomic E-state index is 13.1. The first-order chi connectivity index (χ1) is 13.2. The average Bonchev–Trinajstić information content (AvgIpc) is 2.94. The number of carbonyl (C=O) groups is 2. The van der Waals surface area contributed by atoms with E-state index >= 15 is 0 Å². The number of anilines is 1. The van der Waals surface area contributed by atoms with Crippen molar-refractivity contribution in [3.05, 3.63) is 30.1 Å². The van der Waals surface area contributed by atoms with E-state index in [9.17, 15) is 14.0 Å². The first-order valence-electron chi connectivity index (χ1n) is 9.65. The van der Waals surface area contributed by atoms with Gasteiger partial charge in [-0.3, -0.25) is 9.80 Å². The van der Waals surface area contributed by atoms with E-state index in [4.69, 9.17) is 9.47 Å². The van der Waals surface area contributed by atoms with E-state index in [0.29, 0.717) is 25.3 Å². The van der Waals surface area contributed by atoms with Gasteiger partial charge in [0.1, 0.15) is 17.5 Å². The Kier molecular flexibility index (Phi) is 6.07. The highest BCUT2D eigenvalue weighted by Gasteiger charge is 2.34. The molecule has 1 aromatic carbocycles. The zero-order valence-electron chi connectivity index (χ0n) is 16.6. The molecule has 0 radical (unpaired) electrons. The number of nitrogens with zero attached hydrogens (tertiary/aromatic N) is 2. The topological polar surface area (TPSA) is 71.1 Å². The molecular formula is C20H28FN3O4. The maximum Gasteiger partial charge on any atom is 0.414 e. The largest absolute Gasteiger partial charge is 0.444 e. The van der Waals surface area contributed by atoms with Crippen LogP contribution in [0.1, 0.15) is 33.6 Å². The molecule has 2 saturated heterocycles. The second-order valence-corrected chi connectivity index (χ2v) is 8.34. The summed E-state index contributed by atoms with van der Waals surface area (Å²) in [6, 6.07) is 5.80. The second-order valence-electron chi connectivity index (χ2n) is 8.34. The number of benzene rings is 1. The van der Waals surface area contributed by atoms with Crippen LogP contribution in [0.25, 0.3) is 0 Å². The molecule has 0 spiro atoms. The molecule has 1 aromatic rings. The SMILES string of the molecule is CC(C)(C)OC(=O)N[C@H]1CCCN(C[C@H]2CN(c3ccc(F)cc3)C(=O)O2)C1. The number of piperidine rings is 1. The third-order valence-electron chi connectivity index (χ3n) is 4.70. The van der Waals surface area contributed by atoms with Crippen molar-refractivity contribution < 1.29 is 23.5 Å². The van der Waals surface area contributed by atoms with Gasteiger partial charge in [-0.2, -0.15) is 0 Å². The van der Waals surface area contributed by atoms with E-state index < -0.39 is 17.8 Å². The van der Waals surface area contributed by atoms with E-state index in [1.807, 2.05) is 20.8 Å². The molecule has 28 heavy (non-hydrogen) atoms. The van der Waals surface area contributed by atoms with Crippen molar-refractivity contribution in [2.45, 2.75) is 51.4 Å². The van der Waals surface area contributed by atoms with Crippen molar-refractivity contribution in [3.63, 3.8) is 0 Å². The summed E-state index contributed by atoms with van der Waals surface area (Å²) in [6.07, 6.45) is 0.744. The van der Waals surface area contributed by atoms with Crippen molar-refractivity contribution >= 4 is 17.9 Å². The van der Waals surface area contributed by atoms with E-state index in [-0.39, 0.29) is 18.0 Å². The number of alkyl carbamates (subject to hydrolysis) is 1. The number of halogens is 1. The smallest absolute Gasteiger partial charge is 0.414 e. The molecule has 7 nitrogen and oxygen atoms in total. The summed E-state index contributed by atoms with van der Waals surface area (Å²) in [4.78, 5) is 27.9. The minimum atomic E-state index is -0.527. The summed E-state index contributed by atoms with van der Waals surface area (Å²) in [5.41, 5.74) is 0.0948. The molecule has 3 rings (SSSR count). The fourth-order valence-electron chi connectivity index (χ4n) is 3.55. The average molecular weight is 393 g/mol. The van der Waals surface area contributed by atoms with Gasteiger partial charge in [-0.1, -0.05) is 0 Å². The van der Waals surface area contributed by atoms with Crippen LogP contribution < -0.4 is 10.2 Å². The lowest BCUT2D eigenvalue weighted by atomic mass is 10.1. The zero-order chi connectivity index (χ0) is 20.3. The summed E-state index contributed by atoms with van der Waals surface area (Å²) in [5.74, 6) is -0.343. The first-order valence-corrected chi connectivity index (χ1v) is 9.65. The Balaban J connectivity index is 1.50. The molecule has 0 saturated carbocycles. The van der Waals surface area contributed by atoms with Crippen LogP contribution in [0.15, 0.2) is 24.3 Å². The Bertz CT molecular complexity index is 704. The normalized spacial score (nSPS) is 23.4. The summed E-state index contributed by atoms with van der Waals surface area (Å²) in [5, 5.41) is 2.92. The third kappa shape index (κ3) is 5.58. The maximum atomic E-state index is 13.1. The van der Waals surface area contributed by atoms with Gasteiger partial charge in [0.25, 0.3) is 0 Å². The monoisotopic (exact) mass is 393 g/mol. The Morgan fingerprint density at radius 3 is 2.68 bits per heavy atom. The molecule has 2 aliphatic heterocycles. The number of carbonyl (C=O) groups excluding carboxylic acids is 2. The van der Waals surface area contributed by atoms with Crippen molar-refractivity contribution in [1.82, 2.24) is 10.2 Å². The lowest BCUT2D eigenvalue weighted by Crippen LogP contribution is -2.50. The molecule has 0 aliphatic carbocycles. The predicted octanol–water partition coefficient (Wildman–Crippen LogP) is 3.14. The highest BCUT2D eigenvalue weighted by Crippen LogP contribution is 2.23. The summed E-state index contributed by atoms with van der Waals surface area (Å²) >= 11 is 0. The fraction of sp³-hybridized carbons (Fsp3) is 0.600. The number of likely N-dealkylation sites (tertiary alicyclic amines) is 1. The van der Waals surface area contributed by atoms with E-state index in [2.05, 4.69) is 10.2 Å². The molecule has 2 atom stereocenters. The van der Waals surface area contributed by atoms with Crippen molar-refractivity contribution in [2.75, 3.05) is 31.1 Å². The molecule has 0 unspecified atom stereocenters. The van der Waals surface area contributed by atoms with Crippen LogP contribution in [-0.2, 0) is 9.47 Å².